The van der Waals surface area contributed by atoms with Crippen LogP contribution in [0, 0.1) is 13.8 Å². The molecule has 0 saturated heterocycles. The molecule has 3 aromatic rings. The number of hydrogen-bond acceptors (Lipinski definition) is 4. The van der Waals surface area contributed by atoms with Crippen molar-refractivity contribution in [3.05, 3.63) is 53.1 Å². The van der Waals surface area contributed by atoms with E-state index in [1.807, 2.05) is 19.1 Å². The van der Waals surface area contributed by atoms with Crippen molar-refractivity contribution >= 4 is 32.6 Å². The van der Waals surface area contributed by atoms with Gasteiger partial charge >= 0.3 is 0 Å². The van der Waals surface area contributed by atoms with Gasteiger partial charge in [0, 0.05) is 5.56 Å². The Kier molecular flexibility index (Phi) is 4.81. The average molecular weight is 340 g/mol. The molecule has 1 heterocycles. The van der Waals surface area contributed by atoms with Gasteiger partial charge in [0.25, 0.3) is 5.91 Å². The Hall–Kier alpha value is -2.40. The Bertz CT molecular complexity index is 869. The van der Waals surface area contributed by atoms with E-state index in [2.05, 4.69) is 36.3 Å². The van der Waals surface area contributed by atoms with Crippen LogP contribution in [0.15, 0.2) is 36.4 Å². The highest BCUT2D eigenvalue weighted by molar-refractivity contribution is 7.22. The molecule has 5 heteroatoms. The summed E-state index contributed by atoms with van der Waals surface area (Å²) >= 11 is 1.50. The summed E-state index contributed by atoms with van der Waals surface area (Å²) < 4.78 is 6.62. The first kappa shape index (κ1) is 16.5. The van der Waals surface area contributed by atoms with E-state index in [1.165, 1.54) is 16.9 Å². The first-order valence-corrected chi connectivity index (χ1v) is 8.80. The summed E-state index contributed by atoms with van der Waals surface area (Å²) in [6, 6.07) is 11.4. The van der Waals surface area contributed by atoms with E-state index < -0.39 is 0 Å². The third-order valence-electron chi connectivity index (χ3n) is 3.64. The lowest BCUT2D eigenvalue weighted by Gasteiger charge is -2.05. The number of anilines is 1. The molecular formula is C19H20N2O2S. The highest BCUT2D eigenvalue weighted by Crippen LogP contribution is 2.29. The summed E-state index contributed by atoms with van der Waals surface area (Å²) in [6.07, 6.45) is 0.957. The number of benzene rings is 2. The zero-order valence-electron chi connectivity index (χ0n) is 14.1. The van der Waals surface area contributed by atoms with Gasteiger partial charge in [-0.3, -0.25) is 10.1 Å². The topological polar surface area (TPSA) is 51.2 Å². The first-order valence-electron chi connectivity index (χ1n) is 7.99. The van der Waals surface area contributed by atoms with E-state index in [9.17, 15) is 4.79 Å². The Morgan fingerprint density at radius 1 is 1.21 bits per heavy atom. The number of aryl methyl sites for hydroxylation is 2. The van der Waals surface area contributed by atoms with Crippen molar-refractivity contribution in [2.75, 3.05) is 11.9 Å². The van der Waals surface area contributed by atoms with Crippen molar-refractivity contribution in [3.8, 4) is 5.75 Å². The van der Waals surface area contributed by atoms with Crippen molar-refractivity contribution in [2.45, 2.75) is 27.2 Å². The number of amides is 1. The lowest BCUT2D eigenvalue weighted by Crippen LogP contribution is -2.11. The lowest BCUT2D eigenvalue weighted by atomic mass is 10.1. The molecule has 0 spiro atoms. The van der Waals surface area contributed by atoms with Crippen molar-refractivity contribution in [2.24, 2.45) is 0 Å². The largest absolute Gasteiger partial charge is 0.494 e. The van der Waals surface area contributed by atoms with Gasteiger partial charge in [-0.1, -0.05) is 24.3 Å². The molecule has 1 amide bonds. The minimum Gasteiger partial charge on any atom is -0.494 e. The maximum absolute atomic E-state index is 12.4. The fourth-order valence-corrected chi connectivity index (χ4v) is 3.55. The summed E-state index contributed by atoms with van der Waals surface area (Å²) in [4.78, 5) is 16.9. The predicted molar refractivity (Wildman–Crippen MR) is 99.3 cm³/mol. The number of ether oxygens (including phenoxy) is 1. The van der Waals surface area contributed by atoms with Crippen LogP contribution in [0.5, 0.6) is 5.75 Å². The van der Waals surface area contributed by atoms with Gasteiger partial charge in [-0.25, -0.2) is 4.98 Å². The van der Waals surface area contributed by atoms with Crippen molar-refractivity contribution in [1.82, 2.24) is 4.98 Å². The quantitative estimate of drug-likeness (QED) is 0.714. The molecule has 0 unspecified atom stereocenters. The zero-order valence-corrected chi connectivity index (χ0v) is 14.9. The molecule has 1 N–H and O–H groups in total. The van der Waals surface area contributed by atoms with Crippen LogP contribution < -0.4 is 10.1 Å². The summed E-state index contributed by atoms with van der Waals surface area (Å²) in [5.41, 5.74) is 3.86. The fraction of sp³-hybridized carbons (Fsp3) is 0.263. The van der Waals surface area contributed by atoms with E-state index in [-0.39, 0.29) is 5.91 Å². The number of thiazole rings is 1. The van der Waals surface area contributed by atoms with Crippen LogP contribution in [0.4, 0.5) is 5.13 Å². The SMILES string of the molecule is CCCOc1ccc(C(=O)Nc2nc3c(C)cc(C)cc3s2)cc1. The lowest BCUT2D eigenvalue weighted by molar-refractivity contribution is 0.102. The highest BCUT2D eigenvalue weighted by Gasteiger charge is 2.11. The molecule has 2 aromatic carbocycles. The summed E-state index contributed by atoms with van der Waals surface area (Å²) in [5.74, 6) is 0.616. The normalized spacial score (nSPS) is 10.8. The molecule has 0 aliphatic carbocycles. The van der Waals surface area contributed by atoms with Crippen molar-refractivity contribution in [3.63, 3.8) is 0 Å². The molecule has 0 fully saturated rings. The minimum absolute atomic E-state index is 0.162. The molecule has 0 aliphatic rings. The second-order valence-corrected chi connectivity index (χ2v) is 6.81. The van der Waals surface area contributed by atoms with Crippen LogP contribution in [0.2, 0.25) is 0 Å². The predicted octanol–water partition coefficient (Wildman–Crippen LogP) is 4.95. The maximum Gasteiger partial charge on any atom is 0.257 e. The van der Waals surface area contributed by atoms with Gasteiger partial charge in [0.2, 0.25) is 0 Å². The van der Waals surface area contributed by atoms with Crippen LogP contribution in [0.1, 0.15) is 34.8 Å². The van der Waals surface area contributed by atoms with Crippen LogP contribution in [0.25, 0.3) is 10.2 Å². The summed E-state index contributed by atoms with van der Waals surface area (Å²) in [7, 11) is 0. The van der Waals surface area contributed by atoms with E-state index in [4.69, 9.17) is 4.74 Å². The van der Waals surface area contributed by atoms with Crippen LogP contribution >= 0.6 is 11.3 Å². The number of aromatic nitrogens is 1. The maximum atomic E-state index is 12.4. The molecule has 4 nitrogen and oxygen atoms in total. The number of nitrogens with zero attached hydrogens (tertiary/aromatic N) is 1. The number of rotatable bonds is 5. The molecule has 0 saturated carbocycles. The molecule has 24 heavy (non-hydrogen) atoms. The van der Waals surface area contributed by atoms with Crippen molar-refractivity contribution in [1.29, 1.82) is 0 Å². The second kappa shape index (κ2) is 7.01. The average Bonchev–Trinajstić information content (AvgIpc) is 2.96. The van der Waals surface area contributed by atoms with E-state index in [0.717, 1.165) is 28.0 Å². The highest BCUT2D eigenvalue weighted by atomic mass is 32.1. The fourth-order valence-electron chi connectivity index (χ4n) is 2.52. The Labute approximate surface area is 145 Å². The monoisotopic (exact) mass is 340 g/mol. The molecule has 0 aliphatic heterocycles. The first-order chi connectivity index (χ1) is 11.6. The van der Waals surface area contributed by atoms with Gasteiger partial charge in [-0.2, -0.15) is 0 Å². The molecule has 3 rings (SSSR count). The van der Waals surface area contributed by atoms with Gasteiger partial charge in [-0.05, 0) is 61.7 Å². The van der Waals surface area contributed by atoms with Gasteiger partial charge in [0.05, 0.1) is 16.8 Å². The third kappa shape index (κ3) is 3.57. The number of carbonyl (C=O) groups excluding carboxylic acids is 1. The van der Waals surface area contributed by atoms with Crippen LogP contribution in [0.3, 0.4) is 0 Å². The van der Waals surface area contributed by atoms with Gasteiger partial charge in [0.15, 0.2) is 5.13 Å². The number of fused-ring (bicyclic) bond motifs is 1. The smallest absolute Gasteiger partial charge is 0.257 e. The standard InChI is InChI=1S/C19H20N2O2S/c1-4-9-23-15-7-5-14(6-8-15)18(22)21-19-20-17-13(3)10-12(2)11-16(17)24-19/h5-8,10-11H,4,9H2,1-3H3,(H,20,21,22). The van der Waals surface area contributed by atoms with Gasteiger partial charge in [-0.15, -0.1) is 0 Å². The molecule has 0 bridgehead atoms. The Balaban J connectivity index is 1.76. The minimum atomic E-state index is -0.162. The van der Waals surface area contributed by atoms with Gasteiger partial charge in [0.1, 0.15) is 5.75 Å². The zero-order chi connectivity index (χ0) is 17.1. The summed E-state index contributed by atoms with van der Waals surface area (Å²) in [5, 5.41) is 3.50. The van der Waals surface area contributed by atoms with Gasteiger partial charge < -0.3 is 4.74 Å². The van der Waals surface area contributed by atoms with E-state index >= 15 is 0 Å². The number of nitrogens with one attached hydrogen (secondary N) is 1. The Morgan fingerprint density at radius 2 is 1.96 bits per heavy atom. The number of hydrogen-bond donors (Lipinski definition) is 1. The molecule has 0 radical (unpaired) electrons. The Morgan fingerprint density at radius 3 is 2.67 bits per heavy atom. The molecule has 1 aromatic heterocycles. The molecule has 124 valence electrons. The summed E-state index contributed by atoms with van der Waals surface area (Å²) in [6.45, 7) is 6.83. The van der Waals surface area contributed by atoms with Crippen LogP contribution in [-0.4, -0.2) is 17.5 Å². The molecular weight excluding hydrogens is 320 g/mol. The van der Waals surface area contributed by atoms with Crippen molar-refractivity contribution < 1.29 is 9.53 Å². The third-order valence-corrected chi connectivity index (χ3v) is 4.56. The number of carbonyl (C=O) groups is 1. The van der Waals surface area contributed by atoms with Crippen LogP contribution in [-0.2, 0) is 0 Å². The van der Waals surface area contributed by atoms with E-state index in [0.29, 0.717) is 17.3 Å². The van der Waals surface area contributed by atoms with E-state index in [1.54, 1.807) is 12.1 Å². The molecule has 0 atom stereocenters. The second-order valence-electron chi connectivity index (χ2n) is 5.77.